The highest BCUT2D eigenvalue weighted by atomic mass is 79.9. The topological polar surface area (TPSA) is 21.3 Å². The average Bonchev–Trinajstić information content (AvgIpc) is 2.38. The lowest BCUT2D eigenvalue weighted by molar-refractivity contribution is 0.331. The van der Waals surface area contributed by atoms with Crippen molar-refractivity contribution in [2.75, 3.05) is 18.5 Å². The van der Waals surface area contributed by atoms with Gasteiger partial charge in [-0.2, -0.15) is 0 Å². The lowest BCUT2D eigenvalue weighted by Crippen LogP contribution is -2.11. The molecular formula is C14H12Br2ClNO. The van der Waals surface area contributed by atoms with Crippen LogP contribution in [0.25, 0.3) is 0 Å². The van der Waals surface area contributed by atoms with Gasteiger partial charge in [0.15, 0.2) is 0 Å². The summed E-state index contributed by atoms with van der Waals surface area (Å²) in [5.41, 5.74) is 0.919. The summed E-state index contributed by atoms with van der Waals surface area (Å²) < 4.78 is 7.63. The molecule has 19 heavy (non-hydrogen) atoms. The van der Waals surface area contributed by atoms with Crippen molar-refractivity contribution in [3.8, 4) is 5.75 Å². The van der Waals surface area contributed by atoms with Crippen LogP contribution in [0.15, 0.2) is 51.4 Å². The molecule has 0 spiro atoms. The normalized spacial score (nSPS) is 10.3. The van der Waals surface area contributed by atoms with Gasteiger partial charge in [0.1, 0.15) is 12.4 Å². The van der Waals surface area contributed by atoms with Crippen molar-refractivity contribution in [3.63, 3.8) is 0 Å². The predicted octanol–water partition coefficient (Wildman–Crippen LogP) is 5.36. The Morgan fingerprint density at radius 2 is 1.89 bits per heavy atom. The molecular weight excluding hydrogens is 393 g/mol. The van der Waals surface area contributed by atoms with E-state index in [9.17, 15) is 0 Å². The predicted molar refractivity (Wildman–Crippen MR) is 87.3 cm³/mol. The van der Waals surface area contributed by atoms with Gasteiger partial charge in [0.05, 0.1) is 15.2 Å². The minimum atomic E-state index is 0.561. The fourth-order valence-electron chi connectivity index (χ4n) is 1.54. The van der Waals surface area contributed by atoms with Gasteiger partial charge < -0.3 is 10.1 Å². The molecule has 0 fully saturated rings. The van der Waals surface area contributed by atoms with Crippen LogP contribution >= 0.6 is 43.5 Å². The van der Waals surface area contributed by atoms with Crippen LogP contribution in [0.1, 0.15) is 0 Å². The molecule has 0 aliphatic carbocycles. The fraction of sp³-hybridized carbons (Fsp3) is 0.143. The summed E-state index contributed by atoms with van der Waals surface area (Å²) >= 11 is 12.9. The van der Waals surface area contributed by atoms with Crippen molar-refractivity contribution in [1.29, 1.82) is 0 Å². The number of hydrogen-bond donors (Lipinski definition) is 1. The Morgan fingerprint density at radius 1 is 1.11 bits per heavy atom. The summed E-state index contributed by atoms with van der Waals surface area (Å²) in [4.78, 5) is 0. The second-order valence-corrected chi connectivity index (χ2v) is 6.01. The summed E-state index contributed by atoms with van der Waals surface area (Å²) in [6.07, 6.45) is 0. The number of anilines is 1. The first kappa shape index (κ1) is 14.7. The maximum absolute atomic E-state index is 6.05. The van der Waals surface area contributed by atoms with E-state index in [-0.39, 0.29) is 0 Å². The second-order valence-electron chi connectivity index (χ2n) is 3.83. The molecule has 0 aliphatic rings. The van der Waals surface area contributed by atoms with Crippen molar-refractivity contribution in [2.45, 2.75) is 0 Å². The van der Waals surface area contributed by atoms with E-state index in [1.807, 2.05) is 42.5 Å². The lowest BCUT2D eigenvalue weighted by Gasteiger charge is -2.11. The van der Waals surface area contributed by atoms with Crippen LogP contribution in [0, 0.1) is 0 Å². The van der Waals surface area contributed by atoms with Crippen LogP contribution in [0.5, 0.6) is 5.75 Å². The van der Waals surface area contributed by atoms with Gasteiger partial charge >= 0.3 is 0 Å². The molecule has 0 atom stereocenters. The third-order valence-corrected chi connectivity index (χ3v) is 3.89. The van der Waals surface area contributed by atoms with Crippen LogP contribution in [0.4, 0.5) is 5.69 Å². The largest absolute Gasteiger partial charge is 0.491 e. The summed E-state index contributed by atoms with van der Waals surface area (Å²) in [6, 6.07) is 13.5. The van der Waals surface area contributed by atoms with Crippen LogP contribution in [0.2, 0.25) is 5.02 Å². The molecule has 0 aromatic heterocycles. The quantitative estimate of drug-likeness (QED) is 0.677. The number of halogens is 3. The third kappa shape index (κ3) is 4.41. The number of rotatable bonds is 5. The molecule has 1 N–H and O–H groups in total. The molecule has 0 radical (unpaired) electrons. The lowest BCUT2D eigenvalue weighted by atomic mass is 10.3. The zero-order chi connectivity index (χ0) is 13.7. The highest BCUT2D eigenvalue weighted by Gasteiger charge is 2.02. The zero-order valence-corrected chi connectivity index (χ0v) is 13.9. The van der Waals surface area contributed by atoms with Crippen molar-refractivity contribution in [1.82, 2.24) is 0 Å². The van der Waals surface area contributed by atoms with Gasteiger partial charge in [0, 0.05) is 11.0 Å². The SMILES string of the molecule is Clc1ccccc1NCCOc1ccc(Br)cc1Br. The van der Waals surface area contributed by atoms with Crippen LogP contribution < -0.4 is 10.1 Å². The molecule has 2 aromatic rings. The molecule has 5 heteroatoms. The first-order valence-corrected chi connectivity index (χ1v) is 7.69. The van der Waals surface area contributed by atoms with E-state index in [2.05, 4.69) is 37.2 Å². The van der Waals surface area contributed by atoms with Crippen LogP contribution in [-0.4, -0.2) is 13.2 Å². The van der Waals surface area contributed by atoms with Crippen molar-refractivity contribution in [3.05, 3.63) is 56.4 Å². The molecule has 0 unspecified atom stereocenters. The van der Waals surface area contributed by atoms with Crippen LogP contribution in [0.3, 0.4) is 0 Å². The Hall–Kier alpha value is -0.710. The van der Waals surface area contributed by atoms with Gasteiger partial charge in [-0.15, -0.1) is 0 Å². The van der Waals surface area contributed by atoms with Crippen LogP contribution in [-0.2, 0) is 0 Å². The van der Waals surface area contributed by atoms with E-state index < -0.39 is 0 Å². The maximum Gasteiger partial charge on any atom is 0.133 e. The number of ether oxygens (including phenoxy) is 1. The van der Waals surface area contributed by atoms with Gasteiger partial charge in [-0.1, -0.05) is 39.7 Å². The Bertz CT molecular complexity index is 563. The first-order chi connectivity index (χ1) is 9.16. The first-order valence-electron chi connectivity index (χ1n) is 5.73. The van der Waals surface area contributed by atoms with E-state index in [4.69, 9.17) is 16.3 Å². The zero-order valence-electron chi connectivity index (χ0n) is 10.00. The number of benzene rings is 2. The summed E-state index contributed by atoms with van der Waals surface area (Å²) in [6.45, 7) is 1.25. The minimum absolute atomic E-state index is 0.561. The van der Waals surface area contributed by atoms with E-state index in [1.54, 1.807) is 0 Å². The van der Waals surface area contributed by atoms with E-state index >= 15 is 0 Å². The molecule has 0 aliphatic heterocycles. The van der Waals surface area contributed by atoms with Gasteiger partial charge in [-0.25, -0.2) is 0 Å². The van der Waals surface area contributed by atoms with E-state index in [0.29, 0.717) is 18.2 Å². The Morgan fingerprint density at radius 3 is 2.63 bits per heavy atom. The molecule has 100 valence electrons. The fourth-order valence-corrected chi connectivity index (χ4v) is 2.91. The molecule has 0 bridgehead atoms. The standard InChI is InChI=1S/C14H12Br2ClNO/c15-10-5-6-14(11(16)9-10)19-8-7-18-13-4-2-1-3-12(13)17/h1-6,9,18H,7-8H2. The highest BCUT2D eigenvalue weighted by Crippen LogP contribution is 2.28. The number of nitrogens with one attached hydrogen (secondary N) is 1. The third-order valence-electron chi connectivity index (χ3n) is 2.44. The monoisotopic (exact) mass is 403 g/mol. The Balaban J connectivity index is 1.83. The van der Waals surface area contributed by atoms with Crippen molar-refractivity contribution >= 4 is 49.1 Å². The molecule has 0 heterocycles. The molecule has 2 aromatic carbocycles. The highest BCUT2D eigenvalue weighted by molar-refractivity contribution is 9.11. The minimum Gasteiger partial charge on any atom is -0.491 e. The number of para-hydroxylation sites is 1. The average molecular weight is 406 g/mol. The molecule has 0 saturated carbocycles. The van der Waals surface area contributed by atoms with Gasteiger partial charge in [-0.05, 0) is 46.3 Å². The summed E-state index contributed by atoms with van der Waals surface area (Å²) in [7, 11) is 0. The molecule has 0 saturated heterocycles. The maximum atomic E-state index is 6.05. The van der Waals surface area contributed by atoms with Gasteiger partial charge in [0.2, 0.25) is 0 Å². The molecule has 0 amide bonds. The van der Waals surface area contributed by atoms with E-state index in [0.717, 1.165) is 20.4 Å². The van der Waals surface area contributed by atoms with E-state index in [1.165, 1.54) is 0 Å². The van der Waals surface area contributed by atoms with Crippen molar-refractivity contribution in [2.24, 2.45) is 0 Å². The molecule has 2 nitrogen and oxygen atoms in total. The smallest absolute Gasteiger partial charge is 0.133 e. The number of hydrogen-bond acceptors (Lipinski definition) is 2. The van der Waals surface area contributed by atoms with Gasteiger partial charge in [0.25, 0.3) is 0 Å². The Kier molecular flexibility index (Phi) is 5.55. The summed E-state index contributed by atoms with van der Waals surface area (Å²) in [5.74, 6) is 0.823. The van der Waals surface area contributed by atoms with Crippen molar-refractivity contribution < 1.29 is 4.74 Å². The second kappa shape index (κ2) is 7.17. The Labute approximate surface area is 134 Å². The van der Waals surface area contributed by atoms with Gasteiger partial charge in [-0.3, -0.25) is 0 Å². The molecule has 2 rings (SSSR count). The summed E-state index contributed by atoms with van der Waals surface area (Å²) in [5, 5.41) is 3.95.